The third-order valence-corrected chi connectivity index (χ3v) is 5.36. The van der Waals surface area contributed by atoms with Crippen molar-refractivity contribution in [3.05, 3.63) is 54.2 Å². The van der Waals surface area contributed by atoms with Crippen molar-refractivity contribution < 1.29 is 19.5 Å². The average Bonchev–Trinajstić information content (AvgIpc) is 3.16. The standard InChI is InChI=1S/C22H19NO3/c24-12-13-26-19-10-9-16-17-8-7-14-4-1-2-5-15(14)21(17)23-11-3-6-18(23)20(16)22(19)25/h1-2,4-5,7-10,24H,3,6,11-13H2/p+1. The highest BCUT2D eigenvalue weighted by molar-refractivity contribution is 6.15. The Hall–Kier alpha value is -2.85. The summed E-state index contributed by atoms with van der Waals surface area (Å²) in [4.78, 5) is 0. The van der Waals surface area contributed by atoms with Gasteiger partial charge in [-0.1, -0.05) is 24.3 Å². The van der Waals surface area contributed by atoms with Crippen LogP contribution in [-0.4, -0.2) is 23.4 Å². The number of aliphatic hydroxyl groups is 1. The number of ether oxygens (including phenoxy) is 1. The van der Waals surface area contributed by atoms with Gasteiger partial charge in [-0.2, -0.15) is 4.57 Å². The number of benzene rings is 3. The number of hydrogen-bond donors (Lipinski definition) is 2. The molecule has 5 rings (SSSR count). The lowest BCUT2D eigenvalue weighted by atomic mass is 9.98. The molecule has 0 unspecified atom stereocenters. The van der Waals surface area contributed by atoms with Crippen LogP contribution < -0.4 is 9.30 Å². The Morgan fingerprint density at radius 3 is 2.69 bits per heavy atom. The van der Waals surface area contributed by atoms with E-state index in [-0.39, 0.29) is 19.0 Å². The van der Waals surface area contributed by atoms with Gasteiger partial charge in [0.2, 0.25) is 5.52 Å². The van der Waals surface area contributed by atoms with E-state index < -0.39 is 0 Å². The van der Waals surface area contributed by atoms with Crippen LogP contribution in [0.1, 0.15) is 12.1 Å². The molecule has 4 aromatic rings. The lowest BCUT2D eigenvalue weighted by Crippen LogP contribution is -2.34. The summed E-state index contributed by atoms with van der Waals surface area (Å²) < 4.78 is 7.88. The summed E-state index contributed by atoms with van der Waals surface area (Å²) in [6, 6.07) is 16.6. The van der Waals surface area contributed by atoms with Gasteiger partial charge in [0, 0.05) is 18.2 Å². The van der Waals surface area contributed by atoms with E-state index >= 15 is 0 Å². The van der Waals surface area contributed by atoms with Crippen molar-refractivity contribution >= 4 is 32.4 Å². The van der Waals surface area contributed by atoms with E-state index in [4.69, 9.17) is 9.84 Å². The van der Waals surface area contributed by atoms with Crippen LogP contribution in [0.4, 0.5) is 0 Å². The molecule has 0 bridgehead atoms. The molecule has 130 valence electrons. The first-order chi connectivity index (χ1) is 12.8. The fourth-order valence-corrected chi connectivity index (χ4v) is 4.31. The van der Waals surface area contributed by atoms with Crippen LogP contribution in [0.2, 0.25) is 0 Å². The number of phenolic OH excluding ortho intramolecular Hbond substituents is 1. The Labute approximate surface area is 150 Å². The van der Waals surface area contributed by atoms with Crippen LogP contribution in [0.3, 0.4) is 0 Å². The minimum Gasteiger partial charge on any atom is -0.504 e. The van der Waals surface area contributed by atoms with Crippen LogP contribution in [0.25, 0.3) is 32.4 Å². The van der Waals surface area contributed by atoms with Gasteiger partial charge in [0.15, 0.2) is 17.2 Å². The normalized spacial score (nSPS) is 13.6. The zero-order valence-corrected chi connectivity index (χ0v) is 14.4. The van der Waals surface area contributed by atoms with Gasteiger partial charge in [-0.15, -0.1) is 0 Å². The lowest BCUT2D eigenvalue weighted by molar-refractivity contribution is -0.662. The van der Waals surface area contributed by atoms with Crippen LogP contribution >= 0.6 is 0 Å². The number of hydrogen-bond acceptors (Lipinski definition) is 3. The zero-order chi connectivity index (χ0) is 17.7. The summed E-state index contributed by atoms with van der Waals surface area (Å²) in [5.41, 5.74) is 2.40. The maximum Gasteiger partial charge on any atom is 0.221 e. The molecule has 0 saturated heterocycles. The molecule has 3 aromatic carbocycles. The minimum absolute atomic E-state index is 0.0754. The Kier molecular flexibility index (Phi) is 3.47. The van der Waals surface area contributed by atoms with E-state index in [2.05, 4.69) is 41.0 Å². The molecule has 1 aliphatic heterocycles. The molecule has 1 aromatic heterocycles. The Morgan fingerprint density at radius 2 is 1.81 bits per heavy atom. The van der Waals surface area contributed by atoms with Crippen molar-refractivity contribution in [1.82, 2.24) is 0 Å². The van der Waals surface area contributed by atoms with Crippen LogP contribution in [0, 0.1) is 0 Å². The van der Waals surface area contributed by atoms with Crippen molar-refractivity contribution in [3.63, 3.8) is 0 Å². The average molecular weight is 346 g/mol. The maximum atomic E-state index is 10.9. The number of aromatic nitrogens is 1. The molecule has 0 atom stereocenters. The largest absolute Gasteiger partial charge is 0.504 e. The van der Waals surface area contributed by atoms with Crippen LogP contribution in [0.5, 0.6) is 11.5 Å². The second-order valence-corrected chi connectivity index (χ2v) is 6.79. The van der Waals surface area contributed by atoms with Crippen molar-refractivity contribution in [2.24, 2.45) is 0 Å². The number of phenols is 1. The molecule has 1 aliphatic rings. The predicted molar refractivity (Wildman–Crippen MR) is 102 cm³/mol. The second kappa shape index (κ2) is 5.85. The van der Waals surface area contributed by atoms with Crippen molar-refractivity contribution in [3.8, 4) is 11.5 Å². The van der Waals surface area contributed by atoms with E-state index in [1.165, 1.54) is 16.3 Å². The molecule has 0 spiro atoms. The number of aromatic hydroxyl groups is 1. The maximum absolute atomic E-state index is 10.9. The quantitative estimate of drug-likeness (QED) is 0.441. The summed E-state index contributed by atoms with van der Waals surface area (Å²) in [5.74, 6) is 0.609. The summed E-state index contributed by atoms with van der Waals surface area (Å²) in [5, 5.41) is 25.5. The van der Waals surface area contributed by atoms with E-state index in [0.717, 1.165) is 41.2 Å². The van der Waals surface area contributed by atoms with E-state index in [9.17, 15) is 5.11 Å². The number of aliphatic hydroxyl groups excluding tert-OH is 1. The molecule has 0 fully saturated rings. The second-order valence-electron chi connectivity index (χ2n) is 6.79. The molecule has 0 aliphatic carbocycles. The molecule has 0 amide bonds. The predicted octanol–water partition coefficient (Wildman–Crippen LogP) is 3.46. The molecule has 2 heterocycles. The van der Waals surface area contributed by atoms with Crippen LogP contribution in [-0.2, 0) is 13.0 Å². The molecular formula is C22H20NO3+. The van der Waals surface area contributed by atoms with Gasteiger partial charge in [-0.25, -0.2) is 0 Å². The number of pyridine rings is 1. The summed E-state index contributed by atoms with van der Waals surface area (Å²) in [7, 11) is 0. The first-order valence-electron chi connectivity index (χ1n) is 9.05. The SMILES string of the molecule is OCCOc1ccc2c(c1O)c1[n+](c3c4ccccc4ccc23)CCC1. The molecule has 26 heavy (non-hydrogen) atoms. The van der Waals surface area contributed by atoms with Gasteiger partial charge in [0.05, 0.1) is 22.8 Å². The Balaban J connectivity index is 1.94. The van der Waals surface area contributed by atoms with Crippen molar-refractivity contribution in [1.29, 1.82) is 0 Å². The first kappa shape index (κ1) is 15.4. The zero-order valence-electron chi connectivity index (χ0n) is 14.4. The third-order valence-electron chi connectivity index (χ3n) is 5.36. The number of fused-ring (bicyclic) bond motifs is 8. The summed E-state index contributed by atoms with van der Waals surface area (Å²) in [6.45, 7) is 1.05. The fourth-order valence-electron chi connectivity index (χ4n) is 4.31. The minimum atomic E-state index is -0.0754. The first-order valence-corrected chi connectivity index (χ1v) is 9.05. The summed E-state index contributed by atoms with van der Waals surface area (Å²) in [6.07, 6.45) is 2.01. The highest BCUT2D eigenvalue weighted by Crippen LogP contribution is 2.41. The summed E-state index contributed by atoms with van der Waals surface area (Å²) >= 11 is 0. The molecule has 2 N–H and O–H groups in total. The molecule has 4 heteroatoms. The molecular weight excluding hydrogens is 326 g/mol. The van der Waals surface area contributed by atoms with Crippen molar-refractivity contribution in [2.45, 2.75) is 19.4 Å². The smallest absolute Gasteiger partial charge is 0.221 e. The monoisotopic (exact) mass is 346 g/mol. The Bertz CT molecular complexity index is 1170. The van der Waals surface area contributed by atoms with E-state index in [0.29, 0.717) is 5.75 Å². The highest BCUT2D eigenvalue weighted by atomic mass is 16.5. The Morgan fingerprint density at radius 1 is 0.962 bits per heavy atom. The highest BCUT2D eigenvalue weighted by Gasteiger charge is 2.30. The van der Waals surface area contributed by atoms with Gasteiger partial charge < -0.3 is 14.9 Å². The van der Waals surface area contributed by atoms with Gasteiger partial charge in [0.1, 0.15) is 13.2 Å². The number of aryl methyl sites for hydroxylation is 2. The van der Waals surface area contributed by atoms with E-state index in [1.807, 2.05) is 6.07 Å². The third kappa shape index (κ3) is 2.09. The van der Waals surface area contributed by atoms with Crippen molar-refractivity contribution in [2.75, 3.05) is 13.2 Å². The van der Waals surface area contributed by atoms with Gasteiger partial charge in [-0.05, 0) is 29.7 Å². The van der Waals surface area contributed by atoms with Gasteiger partial charge >= 0.3 is 0 Å². The molecule has 4 nitrogen and oxygen atoms in total. The number of rotatable bonds is 3. The lowest BCUT2D eigenvalue weighted by Gasteiger charge is -2.13. The fraction of sp³-hybridized carbons (Fsp3) is 0.227. The van der Waals surface area contributed by atoms with Gasteiger partial charge in [-0.3, -0.25) is 0 Å². The molecule has 0 radical (unpaired) electrons. The van der Waals surface area contributed by atoms with Gasteiger partial charge in [0.25, 0.3) is 0 Å². The number of nitrogens with zero attached hydrogens (tertiary/aromatic N) is 1. The van der Waals surface area contributed by atoms with Crippen LogP contribution in [0.15, 0.2) is 48.5 Å². The van der Waals surface area contributed by atoms with E-state index in [1.54, 1.807) is 6.07 Å². The molecule has 0 saturated carbocycles. The topological polar surface area (TPSA) is 53.6 Å².